The zero-order chi connectivity index (χ0) is 20.1. The van der Waals surface area contributed by atoms with E-state index in [4.69, 9.17) is 4.42 Å². The summed E-state index contributed by atoms with van der Waals surface area (Å²) in [4.78, 5) is 36.8. The Morgan fingerprint density at radius 1 is 1.07 bits per heavy atom. The van der Waals surface area contributed by atoms with Crippen molar-refractivity contribution in [2.45, 2.75) is 26.8 Å². The second-order valence-electron chi connectivity index (χ2n) is 6.93. The number of para-hydroxylation sites is 3. The van der Waals surface area contributed by atoms with Crippen LogP contribution in [0.15, 0.2) is 57.7 Å². The molecule has 3 aromatic rings. The third-order valence-corrected chi connectivity index (χ3v) is 4.25. The highest BCUT2D eigenvalue weighted by atomic mass is 16.4. The van der Waals surface area contributed by atoms with Crippen molar-refractivity contribution >= 4 is 28.6 Å². The van der Waals surface area contributed by atoms with Gasteiger partial charge in [0.25, 0.3) is 5.91 Å². The van der Waals surface area contributed by atoms with Crippen LogP contribution in [0.5, 0.6) is 0 Å². The minimum absolute atomic E-state index is 0.0748. The van der Waals surface area contributed by atoms with Crippen LogP contribution in [0.3, 0.4) is 0 Å². The van der Waals surface area contributed by atoms with Gasteiger partial charge in [-0.1, -0.05) is 38.1 Å². The van der Waals surface area contributed by atoms with Crippen molar-refractivity contribution in [3.8, 4) is 0 Å². The number of nitrogens with zero attached hydrogens (tertiary/aromatic N) is 1. The predicted octanol–water partition coefficient (Wildman–Crippen LogP) is 3.01. The summed E-state index contributed by atoms with van der Waals surface area (Å²) < 4.78 is 6.60. The summed E-state index contributed by atoms with van der Waals surface area (Å²) in [6.07, 6.45) is 0.0748. The summed E-state index contributed by atoms with van der Waals surface area (Å²) in [6, 6.07) is 13.9. The minimum Gasteiger partial charge on any atom is -0.408 e. The van der Waals surface area contributed by atoms with E-state index < -0.39 is 5.76 Å². The van der Waals surface area contributed by atoms with Crippen LogP contribution in [0.25, 0.3) is 11.1 Å². The molecule has 1 aromatic heterocycles. The van der Waals surface area contributed by atoms with Crippen LogP contribution in [0.1, 0.15) is 30.6 Å². The summed E-state index contributed by atoms with van der Waals surface area (Å²) in [5, 5.41) is 5.61. The van der Waals surface area contributed by atoms with Crippen molar-refractivity contribution in [3.63, 3.8) is 0 Å². The van der Waals surface area contributed by atoms with E-state index in [2.05, 4.69) is 10.6 Å². The van der Waals surface area contributed by atoms with Crippen molar-refractivity contribution in [1.82, 2.24) is 9.88 Å². The summed E-state index contributed by atoms with van der Waals surface area (Å²) in [5.74, 6) is -0.695. The van der Waals surface area contributed by atoms with Crippen LogP contribution in [-0.4, -0.2) is 22.9 Å². The van der Waals surface area contributed by atoms with Gasteiger partial charge in [0.15, 0.2) is 5.58 Å². The molecule has 0 unspecified atom stereocenters. The number of benzene rings is 2. The Kier molecular flexibility index (Phi) is 5.93. The molecule has 0 spiro atoms. The quantitative estimate of drug-likeness (QED) is 0.658. The number of rotatable bonds is 7. The van der Waals surface area contributed by atoms with Crippen molar-refractivity contribution < 1.29 is 14.0 Å². The number of hydrogen-bond donors (Lipinski definition) is 2. The van der Waals surface area contributed by atoms with Gasteiger partial charge in [-0.05, 0) is 30.2 Å². The van der Waals surface area contributed by atoms with E-state index >= 15 is 0 Å². The van der Waals surface area contributed by atoms with E-state index in [1.807, 2.05) is 13.8 Å². The highest BCUT2D eigenvalue weighted by Gasteiger charge is 2.14. The first-order chi connectivity index (χ1) is 13.5. The minimum atomic E-state index is -0.498. The number of aromatic nitrogens is 1. The lowest BCUT2D eigenvalue weighted by Gasteiger charge is -2.12. The molecule has 0 aliphatic heterocycles. The summed E-state index contributed by atoms with van der Waals surface area (Å²) >= 11 is 0. The largest absolute Gasteiger partial charge is 0.419 e. The number of oxazole rings is 1. The highest BCUT2D eigenvalue weighted by Crippen LogP contribution is 2.16. The Morgan fingerprint density at radius 2 is 1.79 bits per heavy atom. The van der Waals surface area contributed by atoms with Crippen LogP contribution in [0.4, 0.5) is 5.69 Å². The molecule has 0 atom stereocenters. The van der Waals surface area contributed by atoms with Crippen molar-refractivity contribution in [2.24, 2.45) is 5.92 Å². The number of fused-ring (bicyclic) bond motifs is 1. The van der Waals surface area contributed by atoms with E-state index in [0.29, 0.717) is 34.8 Å². The molecule has 146 valence electrons. The van der Waals surface area contributed by atoms with Gasteiger partial charge in [0.1, 0.15) is 0 Å². The van der Waals surface area contributed by atoms with Crippen LogP contribution < -0.4 is 16.4 Å². The molecule has 7 heteroatoms. The Morgan fingerprint density at radius 3 is 2.57 bits per heavy atom. The molecular formula is C21H23N3O4. The number of carbonyl (C=O) groups excluding carboxylic acids is 2. The van der Waals surface area contributed by atoms with E-state index in [1.54, 1.807) is 48.5 Å². The number of aryl methyl sites for hydroxylation is 1. The number of carbonyl (C=O) groups is 2. The van der Waals surface area contributed by atoms with Crippen LogP contribution in [-0.2, 0) is 11.3 Å². The van der Waals surface area contributed by atoms with Gasteiger partial charge in [0.2, 0.25) is 5.91 Å². The van der Waals surface area contributed by atoms with Gasteiger partial charge in [-0.2, -0.15) is 0 Å². The molecule has 2 N–H and O–H groups in total. The molecule has 28 heavy (non-hydrogen) atoms. The topological polar surface area (TPSA) is 93.3 Å². The van der Waals surface area contributed by atoms with E-state index in [1.165, 1.54) is 4.57 Å². The highest BCUT2D eigenvalue weighted by molar-refractivity contribution is 6.03. The molecule has 0 aliphatic carbocycles. The lowest BCUT2D eigenvalue weighted by Crippen LogP contribution is -2.28. The van der Waals surface area contributed by atoms with E-state index in [-0.39, 0.29) is 24.8 Å². The zero-order valence-corrected chi connectivity index (χ0v) is 15.9. The number of anilines is 1. The van der Waals surface area contributed by atoms with Crippen LogP contribution in [0.2, 0.25) is 0 Å². The standard InChI is InChI=1S/C21H23N3O4/c1-14(2)13-22-20(26)15-7-3-4-8-16(15)23-19(25)11-12-24-17-9-5-6-10-18(17)28-21(24)27/h3-10,14H,11-13H2,1-2H3,(H,22,26)(H,23,25). The predicted molar refractivity (Wildman–Crippen MR) is 107 cm³/mol. The molecule has 0 saturated heterocycles. The molecule has 0 fully saturated rings. The normalized spacial score (nSPS) is 11.0. The molecule has 0 aliphatic rings. The number of hydrogen-bond acceptors (Lipinski definition) is 4. The maximum Gasteiger partial charge on any atom is 0.419 e. The second-order valence-corrected chi connectivity index (χ2v) is 6.93. The maximum atomic E-state index is 12.4. The Balaban J connectivity index is 1.67. The lowest BCUT2D eigenvalue weighted by molar-refractivity contribution is -0.116. The van der Waals surface area contributed by atoms with Crippen molar-refractivity contribution in [2.75, 3.05) is 11.9 Å². The van der Waals surface area contributed by atoms with Gasteiger partial charge in [-0.25, -0.2) is 4.79 Å². The van der Waals surface area contributed by atoms with Crippen LogP contribution >= 0.6 is 0 Å². The fourth-order valence-corrected chi connectivity index (χ4v) is 2.83. The molecular weight excluding hydrogens is 358 g/mol. The van der Waals surface area contributed by atoms with E-state index in [0.717, 1.165) is 0 Å². The molecule has 3 rings (SSSR count). The molecule has 0 saturated carbocycles. The van der Waals surface area contributed by atoms with Gasteiger partial charge >= 0.3 is 5.76 Å². The summed E-state index contributed by atoms with van der Waals surface area (Å²) in [7, 11) is 0. The zero-order valence-electron chi connectivity index (χ0n) is 15.9. The molecule has 0 bridgehead atoms. The maximum absolute atomic E-state index is 12.4. The monoisotopic (exact) mass is 381 g/mol. The van der Waals surface area contributed by atoms with Gasteiger partial charge in [-0.3, -0.25) is 14.2 Å². The lowest BCUT2D eigenvalue weighted by atomic mass is 10.1. The Hall–Kier alpha value is -3.35. The van der Waals surface area contributed by atoms with Gasteiger partial charge < -0.3 is 15.1 Å². The molecule has 1 heterocycles. The first kappa shape index (κ1) is 19.4. The fourth-order valence-electron chi connectivity index (χ4n) is 2.83. The Labute approximate surface area is 162 Å². The molecule has 2 aromatic carbocycles. The van der Waals surface area contributed by atoms with Gasteiger partial charge in [0, 0.05) is 19.5 Å². The first-order valence-corrected chi connectivity index (χ1v) is 9.21. The molecule has 0 radical (unpaired) electrons. The van der Waals surface area contributed by atoms with Gasteiger partial charge in [-0.15, -0.1) is 0 Å². The molecule has 2 amide bonds. The summed E-state index contributed by atoms with van der Waals surface area (Å²) in [6.45, 7) is 4.76. The molecule has 7 nitrogen and oxygen atoms in total. The number of nitrogens with one attached hydrogen (secondary N) is 2. The van der Waals surface area contributed by atoms with Crippen LogP contribution in [0, 0.1) is 5.92 Å². The first-order valence-electron chi connectivity index (χ1n) is 9.21. The van der Waals surface area contributed by atoms with Gasteiger partial charge in [0.05, 0.1) is 16.8 Å². The third kappa shape index (κ3) is 4.49. The SMILES string of the molecule is CC(C)CNC(=O)c1ccccc1NC(=O)CCn1c(=O)oc2ccccc21. The fraction of sp³-hybridized carbons (Fsp3) is 0.286. The van der Waals surface area contributed by atoms with Crippen molar-refractivity contribution in [3.05, 3.63) is 64.6 Å². The summed E-state index contributed by atoms with van der Waals surface area (Å²) in [5.41, 5.74) is 1.98. The average molecular weight is 381 g/mol. The Bertz CT molecular complexity index is 1050. The smallest absolute Gasteiger partial charge is 0.408 e. The van der Waals surface area contributed by atoms with Crippen molar-refractivity contribution in [1.29, 1.82) is 0 Å². The third-order valence-electron chi connectivity index (χ3n) is 4.25. The average Bonchev–Trinajstić information content (AvgIpc) is 3.00. The number of amides is 2. The van der Waals surface area contributed by atoms with E-state index in [9.17, 15) is 14.4 Å². The second kappa shape index (κ2) is 8.56.